The van der Waals surface area contributed by atoms with Crippen molar-refractivity contribution in [3.8, 4) is 0 Å². The first-order valence-electron chi connectivity index (χ1n) is 3.48. The van der Waals surface area contributed by atoms with Crippen LogP contribution in [0.3, 0.4) is 0 Å². The van der Waals surface area contributed by atoms with Gasteiger partial charge in [-0.15, -0.1) is 11.6 Å². The Kier molecular flexibility index (Phi) is 6.08. The van der Waals surface area contributed by atoms with Crippen molar-refractivity contribution in [3.63, 3.8) is 0 Å². The molecule has 0 saturated carbocycles. The first-order chi connectivity index (χ1) is 4.66. The van der Waals surface area contributed by atoms with Gasteiger partial charge in [-0.2, -0.15) is 0 Å². The molecule has 0 aliphatic rings. The molecule has 0 fully saturated rings. The summed E-state index contributed by atoms with van der Waals surface area (Å²) in [6.45, 7) is 4.64. The number of hydrogen-bond donors (Lipinski definition) is 0. The number of ether oxygens (including phenoxy) is 1. The Bertz CT molecular complexity index is 78.0. The van der Waals surface area contributed by atoms with E-state index in [2.05, 4.69) is 4.90 Å². The van der Waals surface area contributed by atoms with Gasteiger partial charge < -0.3 is 9.64 Å². The summed E-state index contributed by atoms with van der Waals surface area (Å²) < 4.78 is 4.91. The van der Waals surface area contributed by atoms with Crippen molar-refractivity contribution < 1.29 is 4.74 Å². The fraction of sp³-hybridized carbons (Fsp3) is 1.00. The third-order valence-corrected chi connectivity index (χ3v) is 1.38. The van der Waals surface area contributed by atoms with Crippen LogP contribution in [-0.4, -0.2) is 44.1 Å². The van der Waals surface area contributed by atoms with E-state index in [0.717, 1.165) is 19.7 Å². The average molecular weight is 166 g/mol. The predicted molar refractivity (Wildman–Crippen MR) is 44.7 cm³/mol. The van der Waals surface area contributed by atoms with E-state index in [9.17, 15) is 0 Å². The van der Waals surface area contributed by atoms with Gasteiger partial charge in [0.15, 0.2) is 0 Å². The third-order valence-electron chi connectivity index (χ3n) is 1.24. The van der Waals surface area contributed by atoms with E-state index in [1.807, 2.05) is 14.0 Å². The van der Waals surface area contributed by atoms with Crippen molar-refractivity contribution in [1.82, 2.24) is 4.90 Å². The summed E-state index contributed by atoms with van der Waals surface area (Å²) >= 11 is 5.77. The Balaban J connectivity index is 3.16. The molecule has 0 bridgehead atoms. The van der Waals surface area contributed by atoms with E-state index >= 15 is 0 Å². The monoisotopic (exact) mass is 165 g/mol. The molecule has 0 aromatic heterocycles. The number of alkyl halides is 1. The highest BCUT2D eigenvalue weighted by molar-refractivity contribution is 6.20. The summed E-state index contributed by atoms with van der Waals surface area (Å²) in [6.07, 6.45) is 0. The van der Waals surface area contributed by atoms with Crippen LogP contribution in [0.2, 0.25) is 0 Å². The number of rotatable bonds is 5. The largest absolute Gasteiger partial charge is 0.383 e. The number of likely N-dealkylation sites (N-methyl/N-ethyl adjacent to an activating group) is 1. The molecule has 0 rings (SSSR count). The molecule has 62 valence electrons. The maximum atomic E-state index is 5.77. The van der Waals surface area contributed by atoms with Crippen LogP contribution in [-0.2, 0) is 4.74 Å². The van der Waals surface area contributed by atoms with E-state index in [-0.39, 0.29) is 5.38 Å². The molecule has 0 spiro atoms. The lowest BCUT2D eigenvalue weighted by atomic mass is 10.4. The smallest absolute Gasteiger partial charge is 0.0589 e. The molecule has 0 N–H and O–H groups in total. The molecule has 0 heterocycles. The number of methoxy groups -OCH3 is 1. The van der Waals surface area contributed by atoms with Crippen LogP contribution < -0.4 is 0 Å². The van der Waals surface area contributed by atoms with Crippen LogP contribution in [0.25, 0.3) is 0 Å². The fourth-order valence-corrected chi connectivity index (χ4v) is 1.00. The highest BCUT2D eigenvalue weighted by atomic mass is 35.5. The maximum absolute atomic E-state index is 5.77. The van der Waals surface area contributed by atoms with E-state index in [1.165, 1.54) is 0 Å². The number of hydrogen-bond acceptors (Lipinski definition) is 2. The molecule has 0 aliphatic carbocycles. The molecule has 0 aromatic rings. The lowest BCUT2D eigenvalue weighted by molar-refractivity contribution is 0.162. The summed E-state index contributed by atoms with van der Waals surface area (Å²) in [7, 11) is 3.75. The van der Waals surface area contributed by atoms with Gasteiger partial charge in [-0.05, 0) is 14.0 Å². The van der Waals surface area contributed by atoms with E-state index in [4.69, 9.17) is 16.3 Å². The Morgan fingerprint density at radius 2 is 2.20 bits per heavy atom. The van der Waals surface area contributed by atoms with Crippen LogP contribution in [0.15, 0.2) is 0 Å². The van der Waals surface area contributed by atoms with Crippen molar-refractivity contribution in [2.24, 2.45) is 0 Å². The quantitative estimate of drug-likeness (QED) is 0.568. The standard InChI is InChI=1S/C7H16ClNO/c1-7(8)6-9(2)4-5-10-3/h7H,4-6H2,1-3H3. The summed E-state index contributed by atoms with van der Waals surface area (Å²) in [4.78, 5) is 2.15. The summed E-state index contributed by atoms with van der Waals surface area (Å²) in [5, 5.41) is 0.224. The second-order valence-corrected chi connectivity index (χ2v) is 3.28. The van der Waals surface area contributed by atoms with E-state index in [1.54, 1.807) is 7.11 Å². The Hall–Kier alpha value is 0.210. The highest BCUT2D eigenvalue weighted by Gasteiger charge is 2.01. The van der Waals surface area contributed by atoms with Crippen molar-refractivity contribution in [3.05, 3.63) is 0 Å². The summed E-state index contributed by atoms with van der Waals surface area (Å²) in [5.41, 5.74) is 0. The zero-order valence-electron chi connectivity index (χ0n) is 6.93. The second kappa shape index (κ2) is 5.96. The first kappa shape index (κ1) is 10.2. The second-order valence-electron chi connectivity index (χ2n) is 2.54. The van der Waals surface area contributed by atoms with Gasteiger partial charge in [-0.3, -0.25) is 0 Å². The molecule has 3 heteroatoms. The van der Waals surface area contributed by atoms with E-state index in [0.29, 0.717) is 0 Å². The molecule has 1 unspecified atom stereocenters. The van der Waals surface area contributed by atoms with Crippen molar-refractivity contribution in [2.75, 3.05) is 33.9 Å². The van der Waals surface area contributed by atoms with E-state index < -0.39 is 0 Å². The SMILES string of the molecule is COCCN(C)CC(C)Cl. The minimum absolute atomic E-state index is 0.224. The molecule has 0 saturated heterocycles. The molecule has 0 radical (unpaired) electrons. The molecule has 10 heavy (non-hydrogen) atoms. The lowest BCUT2D eigenvalue weighted by Crippen LogP contribution is -2.27. The highest BCUT2D eigenvalue weighted by Crippen LogP contribution is 1.95. The van der Waals surface area contributed by atoms with Crippen molar-refractivity contribution >= 4 is 11.6 Å². The molecule has 0 aromatic carbocycles. The van der Waals surface area contributed by atoms with Crippen LogP contribution in [0, 0.1) is 0 Å². The van der Waals surface area contributed by atoms with Crippen molar-refractivity contribution in [2.45, 2.75) is 12.3 Å². The minimum atomic E-state index is 0.224. The molecule has 2 nitrogen and oxygen atoms in total. The minimum Gasteiger partial charge on any atom is -0.383 e. The lowest BCUT2D eigenvalue weighted by Gasteiger charge is -2.16. The molecular weight excluding hydrogens is 150 g/mol. The van der Waals surface area contributed by atoms with Crippen LogP contribution >= 0.6 is 11.6 Å². The molecule has 0 aliphatic heterocycles. The summed E-state index contributed by atoms with van der Waals surface area (Å²) in [6, 6.07) is 0. The van der Waals surface area contributed by atoms with Crippen LogP contribution in [0.5, 0.6) is 0 Å². The molecular formula is C7H16ClNO. The number of halogens is 1. The Labute approximate surface area is 68.1 Å². The number of nitrogens with zero attached hydrogens (tertiary/aromatic N) is 1. The van der Waals surface area contributed by atoms with Gasteiger partial charge in [0.25, 0.3) is 0 Å². The van der Waals surface area contributed by atoms with Crippen LogP contribution in [0.1, 0.15) is 6.92 Å². The zero-order valence-corrected chi connectivity index (χ0v) is 7.69. The fourth-order valence-electron chi connectivity index (χ4n) is 0.768. The van der Waals surface area contributed by atoms with Gasteiger partial charge in [0, 0.05) is 25.6 Å². The first-order valence-corrected chi connectivity index (χ1v) is 3.92. The topological polar surface area (TPSA) is 12.5 Å². The van der Waals surface area contributed by atoms with Gasteiger partial charge in [0.2, 0.25) is 0 Å². The average Bonchev–Trinajstić information content (AvgIpc) is 1.82. The maximum Gasteiger partial charge on any atom is 0.0589 e. The Morgan fingerprint density at radius 3 is 2.60 bits per heavy atom. The van der Waals surface area contributed by atoms with Gasteiger partial charge in [0.05, 0.1) is 6.61 Å². The predicted octanol–water partition coefficient (Wildman–Crippen LogP) is 1.19. The van der Waals surface area contributed by atoms with Gasteiger partial charge in [-0.25, -0.2) is 0 Å². The van der Waals surface area contributed by atoms with Gasteiger partial charge in [0.1, 0.15) is 0 Å². The third kappa shape index (κ3) is 6.33. The van der Waals surface area contributed by atoms with Crippen molar-refractivity contribution in [1.29, 1.82) is 0 Å². The summed E-state index contributed by atoms with van der Waals surface area (Å²) in [5.74, 6) is 0. The normalized spacial score (nSPS) is 14.1. The molecule has 1 atom stereocenters. The van der Waals surface area contributed by atoms with Gasteiger partial charge >= 0.3 is 0 Å². The van der Waals surface area contributed by atoms with Crippen LogP contribution in [0.4, 0.5) is 0 Å². The Morgan fingerprint density at radius 1 is 1.60 bits per heavy atom. The molecule has 0 amide bonds. The van der Waals surface area contributed by atoms with Gasteiger partial charge in [-0.1, -0.05) is 0 Å². The zero-order chi connectivity index (χ0) is 7.98.